The van der Waals surface area contributed by atoms with Crippen LogP contribution in [0.5, 0.6) is 6.01 Å². The standard InChI is InChI=1S/C11H13N5O2/c1-11(5-12)6-16(7-11)10(17)15-8-3-4-13-9(14-8)18-2/h3-4H,6-7H2,1-2H3,(H,13,14,15,17). The minimum atomic E-state index is -0.430. The van der Waals surface area contributed by atoms with E-state index in [9.17, 15) is 4.79 Å². The summed E-state index contributed by atoms with van der Waals surface area (Å²) in [6.07, 6.45) is 1.50. The lowest BCUT2D eigenvalue weighted by Crippen LogP contribution is -2.57. The molecule has 1 saturated heterocycles. The average molecular weight is 247 g/mol. The molecule has 2 heterocycles. The molecule has 94 valence electrons. The van der Waals surface area contributed by atoms with Gasteiger partial charge in [-0.05, 0) is 13.0 Å². The van der Waals surface area contributed by atoms with Crippen molar-refractivity contribution < 1.29 is 9.53 Å². The van der Waals surface area contributed by atoms with Crippen molar-refractivity contribution in [3.8, 4) is 12.1 Å². The molecule has 1 aliphatic heterocycles. The molecular weight excluding hydrogens is 234 g/mol. The van der Waals surface area contributed by atoms with E-state index in [0.717, 1.165) is 0 Å². The molecule has 0 bridgehead atoms. The van der Waals surface area contributed by atoms with Crippen LogP contribution in [0.15, 0.2) is 12.3 Å². The van der Waals surface area contributed by atoms with Crippen LogP contribution in [0, 0.1) is 16.7 Å². The minimum Gasteiger partial charge on any atom is -0.467 e. The number of amides is 2. The van der Waals surface area contributed by atoms with Crippen molar-refractivity contribution >= 4 is 11.8 Å². The van der Waals surface area contributed by atoms with E-state index < -0.39 is 5.41 Å². The Labute approximate surface area is 104 Å². The first-order valence-electron chi connectivity index (χ1n) is 5.40. The minimum absolute atomic E-state index is 0.193. The van der Waals surface area contributed by atoms with E-state index in [1.54, 1.807) is 11.0 Å². The van der Waals surface area contributed by atoms with E-state index in [1.165, 1.54) is 13.3 Å². The van der Waals surface area contributed by atoms with Gasteiger partial charge in [0.15, 0.2) is 0 Å². The number of hydrogen-bond donors (Lipinski definition) is 1. The van der Waals surface area contributed by atoms with Gasteiger partial charge in [-0.25, -0.2) is 9.78 Å². The Morgan fingerprint density at radius 2 is 2.39 bits per heavy atom. The summed E-state index contributed by atoms with van der Waals surface area (Å²) in [6, 6.07) is 3.67. The molecule has 0 spiro atoms. The van der Waals surface area contributed by atoms with Gasteiger partial charge in [0.25, 0.3) is 0 Å². The van der Waals surface area contributed by atoms with E-state index in [1.807, 2.05) is 6.92 Å². The Balaban J connectivity index is 1.95. The third kappa shape index (κ3) is 2.32. The first kappa shape index (κ1) is 12.1. The summed E-state index contributed by atoms with van der Waals surface area (Å²) < 4.78 is 4.86. The maximum atomic E-state index is 11.8. The molecular formula is C11H13N5O2. The van der Waals surface area contributed by atoms with Crippen LogP contribution in [0.4, 0.5) is 10.6 Å². The third-order valence-electron chi connectivity index (χ3n) is 2.69. The van der Waals surface area contributed by atoms with Gasteiger partial charge in [-0.15, -0.1) is 0 Å². The monoisotopic (exact) mass is 247 g/mol. The highest BCUT2D eigenvalue weighted by Crippen LogP contribution is 2.28. The molecule has 7 nitrogen and oxygen atoms in total. The van der Waals surface area contributed by atoms with Crippen LogP contribution in [-0.4, -0.2) is 41.1 Å². The molecule has 18 heavy (non-hydrogen) atoms. The zero-order chi connectivity index (χ0) is 13.2. The van der Waals surface area contributed by atoms with Gasteiger partial charge in [-0.3, -0.25) is 5.32 Å². The highest BCUT2D eigenvalue weighted by Gasteiger charge is 2.41. The van der Waals surface area contributed by atoms with Gasteiger partial charge in [-0.1, -0.05) is 0 Å². The maximum absolute atomic E-state index is 11.8. The number of carbonyl (C=O) groups excluding carboxylic acids is 1. The highest BCUT2D eigenvalue weighted by atomic mass is 16.5. The number of ether oxygens (including phenoxy) is 1. The zero-order valence-electron chi connectivity index (χ0n) is 10.2. The van der Waals surface area contributed by atoms with Crippen molar-refractivity contribution in [3.05, 3.63) is 12.3 Å². The Morgan fingerprint density at radius 1 is 1.67 bits per heavy atom. The summed E-state index contributed by atoms with van der Waals surface area (Å²) in [5, 5.41) is 11.5. The van der Waals surface area contributed by atoms with Crippen molar-refractivity contribution in [2.75, 3.05) is 25.5 Å². The predicted octanol–water partition coefficient (Wildman–Crippen LogP) is 0.863. The number of aromatic nitrogens is 2. The fourth-order valence-electron chi connectivity index (χ4n) is 1.71. The Hall–Kier alpha value is -2.36. The number of nitrogens with zero attached hydrogens (tertiary/aromatic N) is 4. The fourth-order valence-corrected chi connectivity index (χ4v) is 1.71. The van der Waals surface area contributed by atoms with Gasteiger partial charge >= 0.3 is 12.0 Å². The van der Waals surface area contributed by atoms with Crippen LogP contribution >= 0.6 is 0 Å². The highest BCUT2D eigenvalue weighted by molar-refractivity contribution is 5.89. The number of rotatable bonds is 2. The molecule has 2 rings (SSSR count). The van der Waals surface area contributed by atoms with E-state index in [0.29, 0.717) is 18.9 Å². The summed E-state index contributed by atoms with van der Waals surface area (Å²) in [5.41, 5.74) is -0.430. The molecule has 1 aromatic rings. The van der Waals surface area contributed by atoms with E-state index >= 15 is 0 Å². The van der Waals surface area contributed by atoms with Crippen molar-refractivity contribution in [2.45, 2.75) is 6.92 Å². The maximum Gasteiger partial charge on any atom is 0.323 e. The number of anilines is 1. The molecule has 1 fully saturated rings. The number of nitriles is 1. The Kier molecular flexibility index (Phi) is 3.02. The first-order chi connectivity index (χ1) is 8.56. The Morgan fingerprint density at radius 3 is 3.00 bits per heavy atom. The van der Waals surface area contributed by atoms with Crippen molar-refractivity contribution in [2.24, 2.45) is 5.41 Å². The van der Waals surface area contributed by atoms with Crippen LogP contribution in [0.1, 0.15) is 6.92 Å². The average Bonchev–Trinajstić information content (AvgIpc) is 2.35. The number of urea groups is 1. The smallest absolute Gasteiger partial charge is 0.323 e. The third-order valence-corrected chi connectivity index (χ3v) is 2.69. The second-order valence-electron chi connectivity index (χ2n) is 4.39. The molecule has 0 saturated carbocycles. The van der Waals surface area contributed by atoms with Crippen molar-refractivity contribution in [1.82, 2.24) is 14.9 Å². The second-order valence-corrected chi connectivity index (χ2v) is 4.39. The summed E-state index contributed by atoms with van der Waals surface area (Å²) in [4.78, 5) is 21.2. The molecule has 0 unspecified atom stereocenters. The molecule has 1 aliphatic rings. The molecule has 0 radical (unpaired) electrons. The SMILES string of the molecule is COc1nccc(NC(=O)N2CC(C)(C#N)C2)n1. The van der Waals surface area contributed by atoms with E-state index in [2.05, 4.69) is 21.4 Å². The van der Waals surface area contributed by atoms with E-state index in [-0.39, 0.29) is 12.0 Å². The van der Waals surface area contributed by atoms with Gasteiger partial charge in [0.05, 0.1) is 18.6 Å². The van der Waals surface area contributed by atoms with Crippen LogP contribution in [0.3, 0.4) is 0 Å². The zero-order valence-corrected chi connectivity index (χ0v) is 10.2. The van der Waals surface area contributed by atoms with Crippen molar-refractivity contribution in [1.29, 1.82) is 5.26 Å². The van der Waals surface area contributed by atoms with Gasteiger partial charge < -0.3 is 9.64 Å². The van der Waals surface area contributed by atoms with Crippen LogP contribution in [0.25, 0.3) is 0 Å². The van der Waals surface area contributed by atoms with Gasteiger partial charge in [0, 0.05) is 19.3 Å². The summed E-state index contributed by atoms with van der Waals surface area (Å²) in [6.45, 7) is 2.68. The number of hydrogen-bond acceptors (Lipinski definition) is 5. The number of nitrogens with one attached hydrogen (secondary N) is 1. The predicted molar refractivity (Wildman–Crippen MR) is 62.9 cm³/mol. The van der Waals surface area contributed by atoms with Crippen LogP contribution < -0.4 is 10.1 Å². The molecule has 0 aliphatic carbocycles. The molecule has 0 atom stereocenters. The molecule has 2 amide bonds. The molecule has 0 aromatic carbocycles. The summed E-state index contributed by atoms with van der Waals surface area (Å²) >= 11 is 0. The largest absolute Gasteiger partial charge is 0.467 e. The second kappa shape index (κ2) is 4.49. The lowest BCUT2D eigenvalue weighted by molar-refractivity contribution is 0.0969. The number of likely N-dealkylation sites (tertiary alicyclic amines) is 1. The topological polar surface area (TPSA) is 91.1 Å². The molecule has 7 heteroatoms. The van der Waals surface area contributed by atoms with Gasteiger partial charge in [0.1, 0.15) is 5.82 Å². The summed E-state index contributed by atoms with van der Waals surface area (Å²) in [7, 11) is 1.45. The molecule has 1 aromatic heterocycles. The lowest BCUT2D eigenvalue weighted by atomic mass is 9.84. The van der Waals surface area contributed by atoms with E-state index in [4.69, 9.17) is 10.00 Å². The van der Waals surface area contributed by atoms with Crippen LogP contribution in [-0.2, 0) is 0 Å². The van der Waals surface area contributed by atoms with Crippen LogP contribution in [0.2, 0.25) is 0 Å². The number of carbonyl (C=O) groups is 1. The first-order valence-corrected chi connectivity index (χ1v) is 5.40. The van der Waals surface area contributed by atoms with Crippen molar-refractivity contribution in [3.63, 3.8) is 0 Å². The number of methoxy groups -OCH3 is 1. The van der Waals surface area contributed by atoms with Gasteiger partial charge in [-0.2, -0.15) is 10.2 Å². The van der Waals surface area contributed by atoms with Gasteiger partial charge in [0.2, 0.25) is 0 Å². The lowest BCUT2D eigenvalue weighted by Gasteiger charge is -2.42. The Bertz CT molecular complexity index is 504. The summed E-state index contributed by atoms with van der Waals surface area (Å²) in [5.74, 6) is 0.373. The normalized spacial score (nSPS) is 16.4. The quantitative estimate of drug-likeness (QED) is 0.837. The fraction of sp³-hybridized carbons (Fsp3) is 0.455. The molecule has 1 N–H and O–H groups in total.